The second-order valence-electron chi connectivity index (χ2n) is 5.14. The van der Waals surface area contributed by atoms with E-state index in [0.29, 0.717) is 11.5 Å². The molecule has 0 aromatic heterocycles. The van der Waals surface area contributed by atoms with Crippen molar-refractivity contribution in [3.05, 3.63) is 35.4 Å². The van der Waals surface area contributed by atoms with E-state index in [4.69, 9.17) is 5.84 Å². The van der Waals surface area contributed by atoms with Crippen LogP contribution in [0.2, 0.25) is 0 Å². The van der Waals surface area contributed by atoms with E-state index in [1.807, 2.05) is 24.3 Å². The molecule has 1 aromatic carbocycles. The number of nitrogens with two attached hydrogens (primary N) is 1. The Morgan fingerprint density at radius 1 is 1.25 bits per heavy atom. The van der Waals surface area contributed by atoms with Gasteiger partial charge in [0.2, 0.25) is 0 Å². The average Bonchev–Trinajstić information content (AvgIpc) is 2.51. The first-order valence-electron chi connectivity index (χ1n) is 7.47. The number of hydrogen-bond acceptors (Lipinski definition) is 3. The fourth-order valence-corrected chi connectivity index (χ4v) is 2.42. The smallest absolute Gasteiger partial charge is 0.265 e. The summed E-state index contributed by atoms with van der Waals surface area (Å²) in [4.78, 5) is 14.2. The number of nitrogens with zero attached hydrogens (tertiary/aromatic N) is 1. The highest BCUT2D eigenvalue weighted by Gasteiger charge is 2.14. The highest BCUT2D eigenvalue weighted by atomic mass is 16.2. The summed E-state index contributed by atoms with van der Waals surface area (Å²) in [6.07, 6.45) is 2.38. The number of nitrogen functional groups attached to an aromatic ring is 1. The standard InChI is InChI=1S/C16H27N3O/c1-4-13(5-2)11-19(6-3)12-14-9-7-8-10-15(14)16(20)18-17/h7-10,13H,4-6,11-12,17H2,1-3H3,(H,18,20). The van der Waals surface area contributed by atoms with Crippen molar-refractivity contribution < 1.29 is 4.79 Å². The fourth-order valence-electron chi connectivity index (χ4n) is 2.42. The van der Waals surface area contributed by atoms with E-state index < -0.39 is 0 Å². The van der Waals surface area contributed by atoms with Gasteiger partial charge in [-0.2, -0.15) is 0 Å². The van der Waals surface area contributed by atoms with Gasteiger partial charge in [-0.25, -0.2) is 5.84 Å². The van der Waals surface area contributed by atoms with E-state index in [1.54, 1.807) is 0 Å². The number of nitrogens with one attached hydrogen (secondary N) is 1. The van der Waals surface area contributed by atoms with Crippen molar-refractivity contribution in [1.82, 2.24) is 10.3 Å². The molecule has 1 amide bonds. The molecular weight excluding hydrogens is 250 g/mol. The predicted octanol–water partition coefficient (Wildman–Crippen LogP) is 2.55. The number of rotatable bonds is 8. The molecule has 1 aromatic rings. The molecule has 4 nitrogen and oxygen atoms in total. The summed E-state index contributed by atoms with van der Waals surface area (Å²) in [5.74, 6) is 5.74. The summed E-state index contributed by atoms with van der Waals surface area (Å²) < 4.78 is 0. The van der Waals surface area contributed by atoms with Crippen LogP contribution in [-0.4, -0.2) is 23.9 Å². The molecule has 0 saturated carbocycles. The Balaban J connectivity index is 2.82. The van der Waals surface area contributed by atoms with Gasteiger partial charge in [-0.3, -0.25) is 15.1 Å². The first-order chi connectivity index (χ1) is 9.65. The first-order valence-corrected chi connectivity index (χ1v) is 7.47. The molecule has 20 heavy (non-hydrogen) atoms. The molecule has 1 rings (SSSR count). The SMILES string of the molecule is CCC(CC)CN(CC)Cc1ccccc1C(=O)NN. The number of amides is 1. The van der Waals surface area contributed by atoms with Crippen LogP contribution in [0.5, 0.6) is 0 Å². The van der Waals surface area contributed by atoms with Crippen LogP contribution in [0.25, 0.3) is 0 Å². The maximum Gasteiger partial charge on any atom is 0.265 e. The van der Waals surface area contributed by atoms with Crippen molar-refractivity contribution in [3.63, 3.8) is 0 Å². The highest BCUT2D eigenvalue weighted by Crippen LogP contribution is 2.15. The van der Waals surface area contributed by atoms with E-state index >= 15 is 0 Å². The zero-order valence-corrected chi connectivity index (χ0v) is 12.9. The zero-order valence-electron chi connectivity index (χ0n) is 12.9. The minimum Gasteiger partial charge on any atom is -0.299 e. The summed E-state index contributed by atoms with van der Waals surface area (Å²) >= 11 is 0. The van der Waals surface area contributed by atoms with Crippen LogP contribution in [-0.2, 0) is 6.54 Å². The molecule has 0 heterocycles. The van der Waals surface area contributed by atoms with Crippen molar-refractivity contribution in [2.75, 3.05) is 13.1 Å². The Morgan fingerprint density at radius 3 is 2.45 bits per heavy atom. The molecule has 4 heteroatoms. The van der Waals surface area contributed by atoms with Crippen molar-refractivity contribution in [1.29, 1.82) is 0 Å². The van der Waals surface area contributed by atoms with E-state index in [0.717, 1.165) is 25.2 Å². The molecule has 0 atom stereocenters. The lowest BCUT2D eigenvalue weighted by Gasteiger charge is -2.26. The lowest BCUT2D eigenvalue weighted by molar-refractivity contribution is 0.0951. The fraction of sp³-hybridized carbons (Fsp3) is 0.562. The summed E-state index contributed by atoms with van der Waals surface area (Å²) in [5, 5.41) is 0. The van der Waals surface area contributed by atoms with Gasteiger partial charge in [0.1, 0.15) is 0 Å². The highest BCUT2D eigenvalue weighted by molar-refractivity contribution is 5.95. The van der Waals surface area contributed by atoms with E-state index in [-0.39, 0.29) is 5.91 Å². The van der Waals surface area contributed by atoms with Crippen LogP contribution in [0.4, 0.5) is 0 Å². The largest absolute Gasteiger partial charge is 0.299 e. The van der Waals surface area contributed by atoms with Gasteiger partial charge in [-0.1, -0.05) is 51.8 Å². The van der Waals surface area contributed by atoms with Crippen LogP contribution < -0.4 is 11.3 Å². The summed E-state index contributed by atoms with van der Waals surface area (Å²) in [5.41, 5.74) is 3.91. The minimum atomic E-state index is -0.223. The van der Waals surface area contributed by atoms with Crippen molar-refractivity contribution in [3.8, 4) is 0 Å². The average molecular weight is 277 g/mol. The molecule has 3 N–H and O–H groups in total. The normalized spacial score (nSPS) is 11.1. The van der Waals surface area contributed by atoms with Gasteiger partial charge in [0.15, 0.2) is 0 Å². The van der Waals surface area contributed by atoms with Crippen LogP contribution in [0.3, 0.4) is 0 Å². The Morgan fingerprint density at radius 2 is 1.90 bits per heavy atom. The second-order valence-corrected chi connectivity index (χ2v) is 5.14. The number of carbonyl (C=O) groups excluding carboxylic acids is 1. The van der Waals surface area contributed by atoms with Crippen molar-refractivity contribution in [2.45, 2.75) is 40.2 Å². The third-order valence-corrected chi connectivity index (χ3v) is 3.91. The monoisotopic (exact) mass is 277 g/mol. The van der Waals surface area contributed by atoms with Crippen LogP contribution in [0, 0.1) is 5.92 Å². The van der Waals surface area contributed by atoms with Crippen molar-refractivity contribution >= 4 is 5.91 Å². The molecule has 0 radical (unpaired) electrons. The molecule has 0 bridgehead atoms. The molecular formula is C16H27N3O. The van der Waals surface area contributed by atoms with Crippen molar-refractivity contribution in [2.24, 2.45) is 11.8 Å². The van der Waals surface area contributed by atoms with Crippen LogP contribution in [0.1, 0.15) is 49.5 Å². The number of hydrazine groups is 1. The summed E-state index contributed by atoms with van der Waals surface area (Å²) in [6.45, 7) is 9.47. The molecule has 0 fully saturated rings. The van der Waals surface area contributed by atoms with Gasteiger partial charge < -0.3 is 0 Å². The maximum atomic E-state index is 11.8. The number of hydrogen-bond donors (Lipinski definition) is 2. The maximum absolute atomic E-state index is 11.8. The first kappa shape index (κ1) is 16.7. The minimum absolute atomic E-state index is 0.223. The lowest BCUT2D eigenvalue weighted by Crippen LogP contribution is -2.33. The van der Waals surface area contributed by atoms with E-state index in [2.05, 4.69) is 31.1 Å². The molecule has 112 valence electrons. The van der Waals surface area contributed by atoms with E-state index in [9.17, 15) is 4.79 Å². The Kier molecular flexibility index (Phi) is 7.26. The predicted molar refractivity (Wildman–Crippen MR) is 83.1 cm³/mol. The number of carbonyl (C=O) groups is 1. The second kappa shape index (κ2) is 8.72. The molecule has 0 aliphatic carbocycles. The molecule has 0 saturated heterocycles. The van der Waals surface area contributed by atoms with E-state index in [1.165, 1.54) is 12.8 Å². The summed E-state index contributed by atoms with van der Waals surface area (Å²) in [6, 6.07) is 7.65. The van der Waals surface area contributed by atoms with Crippen LogP contribution in [0.15, 0.2) is 24.3 Å². The third kappa shape index (κ3) is 4.62. The Bertz CT molecular complexity index is 416. The van der Waals surface area contributed by atoms with Gasteiger partial charge in [-0.05, 0) is 24.1 Å². The zero-order chi connectivity index (χ0) is 15.0. The van der Waals surface area contributed by atoms with Gasteiger partial charge in [0.25, 0.3) is 5.91 Å². The van der Waals surface area contributed by atoms with Gasteiger partial charge in [-0.15, -0.1) is 0 Å². The van der Waals surface area contributed by atoms with Gasteiger partial charge >= 0.3 is 0 Å². The topological polar surface area (TPSA) is 58.4 Å². The molecule has 0 aliphatic heterocycles. The van der Waals surface area contributed by atoms with Gasteiger partial charge in [0, 0.05) is 18.7 Å². The van der Waals surface area contributed by atoms with Crippen LogP contribution >= 0.6 is 0 Å². The molecule has 0 unspecified atom stereocenters. The molecule has 0 spiro atoms. The quantitative estimate of drug-likeness (QED) is 0.436. The Hall–Kier alpha value is -1.39. The van der Waals surface area contributed by atoms with Gasteiger partial charge in [0.05, 0.1) is 0 Å². The number of benzene rings is 1. The molecule has 0 aliphatic rings. The summed E-state index contributed by atoms with van der Waals surface area (Å²) in [7, 11) is 0. The third-order valence-electron chi connectivity index (χ3n) is 3.91. The Labute approximate surface area is 122 Å². The lowest BCUT2D eigenvalue weighted by atomic mass is 10.0.